The number of likely N-dealkylation sites (N-methyl/N-ethyl adjacent to an activating group) is 1. The quantitative estimate of drug-likeness (QED) is 0.868. The van der Waals surface area contributed by atoms with E-state index in [0.29, 0.717) is 6.04 Å². The molecule has 0 spiro atoms. The highest BCUT2D eigenvalue weighted by molar-refractivity contribution is 5.30. The molecule has 0 aliphatic rings. The van der Waals surface area contributed by atoms with Crippen LogP contribution in [-0.4, -0.2) is 14.2 Å². The van der Waals surface area contributed by atoms with Gasteiger partial charge in [0, 0.05) is 6.04 Å². The Kier molecular flexibility index (Phi) is 4.37. The molecule has 18 heavy (non-hydrogen) atoms. The second kappa shape index (κ2) is 6.22. The van der Waals surface area contributed by atoms with E-state index in [2.05, 4.69) is 41.7 Å². The number of rotatable bonds is 5. The Morgan fingerprint density at radius 3 is 2.22 bits per heavy atom. The summed E-state index contributed by atoms with van der Waals surface area (Å²) in [4.78, 5) is 0. The second-order valence-corrected chi connectivity index (χ2v) is 4.30. The maximum absolute atomic E-state index is 5.18. The Bertz CT molecular complexity index is 464. The van der Waals surface area contributed by atoms with Crippen LogP contribution >= 0.6 is 0 Å². The first-order valence-corrected chi connectivity index (χ1v) is 6.18. The van der Waals surface area contributed by atoms with E-state index in [1.165, 1.54) is 11.1 Å². The molecule has 0 aliphatic heterocycles. The fourth-order valence-electron chi connectivity index (χ4n) is 2.07. The standard InChI is InChI=1S/C16H19NO/c1-17-16(12-13-6-4-3-5-7-13)14-8-10-15(18-2)11-9-14/h3-11,16-17H,12H2,1-2H3/t16-/m1/s1. The molecule has 0 amide bonds. The number of ether oxygens (including phenoxy) is 1. The number of hydrogen-bond acceptors (Lipinski definition) is 2. The molecular formula is C16H19NO. The van der Waals surface area contributed by atoms with Gasteiger partial charge >= 0.3 is 0 Å². The van der Waals surface area contributed by atoms with Gasteiger partial charge in [-0.15, -0.1) is 0 Å². The Morgan fingerprint density at radius 1 is 1.00 bits per heavy atom. The molecule has 0 unspecified atom stereocenters. The van der Waals surface area contributed by atoms with Gasteiger partial charge in [0.1, 0.15) is 5.75 Å². The van der Waals surface area contributed by atoms with Gasteiger partial charge in [-0.3, -0.25) is 0 Å². The lowest BCUT2D eigenvalue weighted by molar-refractivity contribution is 0.414. The highest BCUT2D eigenvalue weighted by Gasteiger charge is 2.09. The van der Waals surface area contributed by atoms with Crippen molar-refractivity contribution in [2.45, 2.75) is 12.5 Å². The zero-order valence-corrected chi connectivity index (χ0v) is 10.9. The first-order valence-electron chi connectivity index (χ1n) is 6.18. The molecule has 1 atom stereocenters. The first kappa shape index (κ1) is 12.7. The third-order valence-corrected chi connectivity index (χ3v) is 3.15. The lowest BCUT2D eigenvalue weighted by Crippen LogP contribution is -2.18. The van der Waals surface area contributed by atoms with Gasteiger partial charge in [-0.1, -0.05) is 42.5 Å². The maximum atomic E-state index is 5.18. The molecule has 0 saturated heterocycles. The predicted octanol–water partition coefficient (Wildman–Crippen LogP) is 3.20. The highest BCUT2D eigenvalue weighted by atomic mass is 16.5. The van der Waals surface area contributed by atoms with Crippen LogP contribution in [-0.2, 0) is 6.42 Å². The third-order valence-electron chi connectivity index (χ3n) is 3.15. The van der Waals surface area contributed by atoms with E-state index in [1.54, 1.807) is 7.11 Å². The summed E-state index contributed by atoms with van der Waals surface area (Å²) in [6, 6.07) is 19.1. The highest BCUT2D eigenvalue weighted by Crippen LogP contribution is 2.20. The van der Waals surface area contributed by atoms with Gasteiger partial charge in [0.25, 0.3) is 0 Å². The molecule has 2 heteroatoms. The van der Waals surface area contributed by atoms with E-state index < -0.39 is 0 Å². The van der Waals surface area contributed by atoms with Crippen LogP contribution in [0.5, 0.6) is 5.75 Å². The van der Waals surface area contributed by atoms with Gasteiger partial charge in [0.15, 0.2) is 0 Å². The summed E-state index contributed by atoms with van der Waals surface area (Å²) in [6.45, 7) is 0. The normalized spacial score (nSPS) is 12.1. The summed E-state index contributed by atoms with van der Waals surface area (Å²) >= 11 is 0. The summed E-state index contributed by atoms with van der Waals surface area (Å²) in [6.07, 6.45) is 0.990. The maximum Gasteiger partial charge on any atom is 0.118 e. The summed E-state index contributed by atoms with van der Waals surface area (Å²) in [5.41, 5.74) is 2.62. The van der Waals surface area contributed by atoms with Gasteiger partial charge in [-0.05, 0) is 36.7 Å². The summed E-state index contributed by atoms with van der Waals surface area (Å²) in [7, 11) is 3.69. The lowest BCUT2D eigenvalue weighted by atomic mass is 9.99. The molecule has 2 nitrogen and oxygen atoms in total. The predicted molar refractivity (Wildman–Crippen MR) is 74.9 cm³/mol. The molecule has 0 bridgehead atoms. The molecule has 2 aromatic rings. The van der Waals surface area contributed by atoms with Crippen LogP contribution < -0.4 is 10.1 Å². The van der Waals surface area contributed by atoms with Crippen LogP contribution in [0, 0.1) is 0 Å². The van der Waals surface area contributed by atoms with Crippen molar-refractivity contribution < 1.29 is 4.74 Å². The summed E-state index contributed by atoms with van der Waals surface area (Å²) in [5.74, 6) is 0.897. The van der Waals surface area contributed by atoms with Crippen molar-refractivity contribution in [2.75, 3.05) is 14.2 Å². The van der Waals surface area contributed by atoms with Crippen LogP contribution in [0.4, 0.5) is 0 Å². The fraction of sp³-hybridized carbons (Fsp3) is 0.250. The molecule has 1 N–H and O–H groups in total. The number of methoxy groups -OCH3 is 1. The van der Waals surface area contributed by atoms with Crippen molar-refractivity contribution in [1.82, 2.24) is 5.32 Å². The lowest BCUT2D eigenvalue weighted by Gasteiger charge is -2.17. The summed E-state index contributed by atoms with van der Waals surface area (Å²) in [5, 5.41) is 3.36. The molecule has 0 saturated carbocycles. The Balaban J connectivity index is 2.12. The second-order valence-electron chi connectivity index (χ2n) is 4.30. The molecular weight excluding hydrogens is 222 g/mol. The van der Waals surface area contributed by atoms with E-state index in [4.69, 9.17) is 4.74 Å². The number of hydrogen-bond donors (Lipinski definition) is 1. The van der Waals surface area contributed by atoms with E-state index in [1.807, 2.05) is 25.2 Å². The molecule has 2 aromatic carbocycles. The van der Waals surface area contributed by atoms with E-state index in [0.717, 1.165) is 12.2 Å². The van der Waals surface area contributed by atoms with Crippen molar-refractivity contribution in [1.29, 1.82) is 0 Å². The molecule has 2 rings (SSSR count). The van der Waals surface area contributed by atoms with Crippen molar-refractivity contribution in [2.24, 2.45) is 0 Å². The molecule has 0 aliphatic carbocycles. The Labute approximate surface area is 109 Å². The van der Waals surface area contributed by atoms with Crippen LogP contribution in [0.3, 0.4) is 0 Å². The van der Waals surface area contributed by atoms with Crippen molar-refractivity contribution in [3.63, 3.8) is 0 Å². The zero-order chi connectivity index (χ0) is 12.8. The monoisotopic (exact) mass is 241 g/mol. The Hall–Kier alpha value is -1.80. The average molecular weight is 241 g/mol. The minimum absolute atomic E-state index is 0.332. The third kappa shape index (κ3) is 3.11. The minimum Gasteiger partial charge on any atom is -0.497 e. The average Bonchev–Trinajstić information content (AvgIpc) is 2.46. The first-order chi connectivity index (χ1) is 8.83. The number of nitrogens with one attached hydrogen (secondary N) is 1. The van der Waals surface area contributed by atoms with Gasteiger partial charge in [0.05, 0.1) is 7.11 Å². The Morgan fingerprint density at radius 2 is 1.67 bits per heavy atom. The zero-order valence-electron chi connectivity index (χ0n) is 10.9. The van der Waals surface area contributed by atoms with Gasteiger partial charge in [0.2, 0.25) is 0 Å². The van der Waals surface area contributed by atoms with Crippen LogP contribution in [0.15, 0.2) is 54.6 Å². The topological polar surface area (TPSA) is 21.3 Å². The van der Waals surface area contributed by atoms with Crippen molar-refractivity contribution in [3.05, 3.63) is 65.7 Å². The van der Waals surface area contributed by atoms with E-state index in [9.17, 15) is 0 Å². The van der Waals surface area contributed by atoms with Gasteiger partial charge in [-0.2, -0.15) is 0 Å². The minimum atomic E-state index is 0.332. The molecule has 94 valence electrons. The summed E-state index contributed by atoms with van der Waals surface area (Å²) < 4.78 is 5.18. The fourth-order valence-corrected chi connectivity index (χ4v) is 2.07. The molecule has 0 radical (unpaired) electrons. The van der Waals surface area contributed by atoms with Crippen LogP contribution in [0.25, 0.3) is 0 Å². The largest absolute Gasteiger partial charge is 0.497 e. The van der Waals surface area contributed by atoms with Gasteiger partial charge in [-0.25, -0.2) is 0 Å². The molecule has 0 heterocycles. The van der Waals surface area contributed by atoms with Crippen molar-refractivity contribution >= 4 is 0 Å². The van der Waals surface area contributed by atoms with Gasteiger partial charge < -0.3 is 10.1 Å². The molecule has 0 fully saturated rings. The molecule has 0 aromatic heterocycles. The SMILES string of the molecule is CN[C@H](Cc1ccccc1)c1ccc(OC)cc1. The number of benzene rings is 2. The van der Waals surface area contributed by atoms with Crippen LogP contribution in [0.2, 0.25) is 0 Å². The smallest absolute Gasteiger partial charge is 0.118 e. The van der Waals surface area contributed by atoms with E-state index >= 15 is 0 Å². The van der Waals surface area contributed by atoms with Crippen LogP contribution in [0.1, 0.15) is 17.2 Å². The van der Waals surface area contributed by atoms with Crippen molar-refractivity contribution in [3.8, 4) is 5.75 Å². The van der Waals surface area contributed by atoms with E-state index in [-0.39, 0.29) is 0 Å².